The van der Waals surface area contributed by atoms with E-state index in [-0.39, 0.29) is 5.56 Å². The highest BCUT2D eigenvalue weighted by Crippen LogP contribution is 2.19. The van der Waals surface area contributed by atoms with Crippen molar-refractivity contribution in [2.24, 2.45) is 5.10 Å². The van der Waals surface area contributed by atoms with Gasteiger partial charge < -0.3 is 0 Å². The van der Waals surface area contributed by atoms with Crippen LogP contribution in [0.15, 0.2) is 53.8 Å². The zero-order valence-electron chi connectivity index (χ0n) is 10.8. The number of aromatic nitrogens is 2. The third-order valence-corrected chi connectivity index (χ3v) is 2.93. The van der Waals surface area contributed by atoms with Gasteiger partial charge in [0.25, 0.3) is 0 Å². The Labute approximate surface area is 119 Å². The van der Waals surface area contributed by atoms with Gasteiger partial charge in [-0.2, -0.15) is 10.2 Å². The summed E-state index contributed by atoms with van der Waals surface area (Å²) in [5.41, 5.74) is 2.44. The molecular formula is C15H10F2N4. The average Bonchev–Trinajstić information content (AvgIpc) is 2.50. The first-order valence-electron chi connectivity index (χ1n) is 6.19. The average molecular weight is 284 g/mol. The molecule has 2 aromatic carbocycles. The molecule has 1 aromatic heterocycles. The summed E-state index contributed by atoms with van der Waals surface area (Å²) in [6.07, 6.45) is 2.70. The molecule has 3 rings (SSSR count). The molecular weight excluding hydrogens is 274 g/mol. The second-order valence-electron chi connectivity index (χ2n) is 4.29. The Hall–Kier alpha value is -2.89. The topological polar surface area (TPSA) is 50.2 Å². The second kappa shape index (κ2) is 5.62. The summed E-state index contributed by atoms with van der Waals surface area (Å²) in [4.78, 5) is 0. The Kier molecular flexibility index (Phi) is 3.51. The number of hydrogen-bond donors (Lipinski definition) is 1. The number of hydrazone groups is 1. The van der Waals surface area contributed by atoms with Crippen LogP contribution in [0.2, 0.25) is 0 Å². The lowest BCUT2D eigenvalue weighted by Gasteiger charge is -2.03. The summed E-state index contributed by atoms with van der Waals surface area (Å²) in [6.45, 7) is 0. The van der Waals surface area contributed by atoms with Gasteiger partial charge in [0.15, 0.2) is 5.82 Å². The van der Waals surface area contributed by atoms with Crippen LogP contribution in [0.1, 0.15) is 5.56 Å². The highest BCUT2D eigenvalue weighted by Gasteiger charge is 2.05. The Balaban J connectivity index is 1.88. The normalized spacial score (nSPS) is 11.1. The van der Waals surface area contributed by atoms with Gasteiger partial charge in [0.2, 0.25) is 0 Å². The van der Waals surface area contributed by atoms with Crippen LogP contribution in [0.3, 0.4) is 0 Å². The van der Waals surface area contributed by atoms with Crippen molar-refractivity contribution < 1.29 is 8.78 Å². The quantitative estimate of drug-likeness (QED) is 0.592. The fraction of sp³-hybridized carbons (Fsp3) is 0. The number of fused-ring (bicyclic) bond motifs is 1. The predicted octanol–water partition coefficient (Wildman–Crippen LogP) is 3.35. The molecule has 0 radical (unpaired) electrons. The van der Waals surface area contributed by atoms with E-state index in [9.17, 15) is 8.78 Å². The molecule has 1 N–H and O–H groups in total. The summed E-state index contributed by atoms with van der Waals surface area (Å²) in [7, 11) is 0. The number of halogens is 2. The summed E-state index contributed by atoms with van der Waals surface area (Å²) < 4.78 is 26.9. The van der Waals surface area contributed by atoms with Crippen LogP contribution < -0.4 is 5.43 Å². The second-order valence-corrected chi connectivity index (χ2v) is 4.29. The van der Waals surface area contributed by atoms with Crippen molar-refractivity contribution in [2.45, 2.75) is 0 Å². The number of hydrogen-bond acceptors (Lipinski definition) is 4. The summed E-state index contributed by atoms with van der Waals surface area (Å²) >= 11 is 0. The maximum Gasteiger partial charge on any atom is 0.176 e. The van der Waals surface area contributed by atoms with E-state index in [1.807, 2.05) is 24.3 Å². The Morgan fingerprint density at radius 1 is 1.00 bits per heavy atom. The molecule has 0 atom stereocenters. The molecule has 21 heavy (non-hydrogen) atoms. The molecule has 0 spiro atoms. The van der Waals surface area contributed by atoms with Crippen molar-refractivity contribution >= 4 is 22.8 Å². The maximum atomic E-state index is 13.4. The number of rotatable bonds is 3. The van der Waals surface area contributed by atoms with E-state index in [4.69, 9.17) is 0 Å². The fourth-order valence-corrected chi connectivity index (χ4v) is 1.90. The van der Waals surface area contributed by atoms with Crippen LogP contribution in [0.25, 0.3) is 10.8 Å². The van der Waals surface area contributed by atoms with E-state index in [1.54, 1.807) is 6.20 Å². The minimum Gasteiger partial charge on any atom is -0.259 e. The molecule has 0 fully saturated rings. The highest BCUT2D eigenvalue weighted by atomic mass is 19.1. The van der Waals surface area contributed by atoms with Crippen LogP contribution >= 0.6 is 0 Å². The first-order chi connectivity index (χ1) is 10.3. The van der Waals surface area contributed by atoms with Crippen molar-refractivity contribution in [3.8, 4) is 0 Å². The molecule has 4 nitrogen and oxygen atoms in total. The van der Waals surface area contributed by atoms with Gasteiger partial charge in [0.1, 0.15) is 11.6 Å². The molecule has 0 saturated heterocycles. The number of benzene rings is 2. The summed E-state index contributed by atoms with van der Waals surface area (Å²) in [6, 6.07) is 11.1. The first-order valence-corrected chi connectivity index (χ1v) is 6.19. The zero-order chi connectivity index (χ0) is 14.7. The van der Waals surface area contributed by atoms with Gasteiger partial charge in [-0.25, -0.2) is 8.78 Å². The van der Waals surface area contributed by atoms with Crippen LogP contribution in [-0.2, 0) is 0 Å². The van der Waals surface area contributed by atoms with E-state index < -0.39 is 11.6 Å². The van der Waals surface area contributed by atoms with Crippen molar-refractivity contribution in [3.05, 3.63) is 65.9 Å². The first kappa shape index (κ1) is 13.1. The Morgan fingerprint density at radius 3 is 2.57 bits per heavy atom. The smallest absolute Gasteiger partial charge is 0.176 e. The summed E-state index contributed by atoms with van der Waals surface area (Å²) in [5, 5.41) is 13.3. The van der Waals surface area contributed by atoms with Crippen LogP contribution in [0.4, 0.5) is 14.6 Å². The van der Waals surface area contributed by atoms with Gasteiger partial charge in [-0.3, -0.25) is 5.43 Å². The van der Waals surface area contributed by atoms with Crippen molar-refractivity contribution in [1.82, 2.24) is 10.2 Å². The Morgan fingerprint density at radius 2 is 1.76 bits per heavy atom. The van der Waals surface area contributed by atoms with Gasteiger partial charge in [-0.15, -0.1) is 5.10 Å². The van der Waals surface area contributed by atoms with Gasteiger partial charge in [-0.05, 0) is 12.1 Å². The van der Waals surface area contributed by atoms with Crippen LogP contribution in [0.5, 0.6) is 0 Å². The number of anilines is 1. The van der Waals surface area contributed by atoms with Crippen molar-refractivity contribution in [1.29, 1.82) is 0 Å². The molecule has 0 saturated carbocycles. The molecule has 0 aliphatic heterocycles. The molecule has 104 valence electrons. The molecule has 3 aromatic rings. The maximum absolute atomic E-state index is 13.4. The third-order valence-electron chi connectivity index (χ3n) is 2.93. The lowest BCUT2D eigenvalue weighted by Crippen LogP contribution is -1.99. The monoisotopic (exact) mass is 284 g/mol. The molecule has 0 amide bonds. The van der Waals surface area contributed by atoms with Crippen molar-refractivity contribution in [2.75, 3.05) is 5.43 Å². The fourth-order valence-electron chi connectivity index (χ4n) is 1.90. The third kappa shape index (κ3) is 2.69. The van der Waals surface area contributed by atoms with Crippen molar-refractivity contribution in [3.63, 3.8) is 0 Å². The summed E-state index contributed by atoms with van der Waals surface area (Å²) in [5.74, 6) is -0.935. The van der Waals surface area contributed by atoms with E-state index in [1.165, 1.54) is 18.2 Å². The van der Waals surface area contributed by atoms with Gasteiger partial charge in [0.05, 0.1) is 18.0 Å². The van der Waals surface area contributed by atoms with Crippen LogP contribution in [0, 0.1) is 11.6 Å². The van der Waals surface area contributed by atoms with Crippen LogP contribution in [-0.4, -0.2) is 16.4 Å². The van der Waals surface area contributed by atoms with E-state index in [0.29, 0.717) is 5.82 Å². The highest BCUT2D eigenvalue weighted by molar-refractivity contribution is 5.91. The van der Waals surface area contributed by atoms with Gasteiger partial charge in [0, 0.05) is 10.8 Å². The molecule has 0 bridgehead atoms. The zero-order valence-corrected chi connectivity index (χ0v) is 10.8. The minimum absolute atomic E-state index is 0.210. The van der Waals surface area contributed by atoms with Gasteiger partial charge >= 0.3 is 0 Å². The molecule has 0 aliphatic rings. The molecule has 0 unspecified atom stereocenters. The van der Waals surface area contributed by atoms with E-state index >= 15 is 0 Å². The number of nitrogens with zero attached hydrogens (tertiary/aromatic N) is 3. The lowest BCUT2D eigenvalue weighted by atomic mass is 10.2. The van der Waals surface area contributed by atoms with E-state index in [0.717, 1.165) is 17.0 Å². The van der Waals surface area contributed by atoms with E-state index in [2.05, 4.69) is 20.7 Å². The van der Waals surface area contributed by atoms with Gasteiger partial charge in [-0.1, -0.05) is 30.3 Å². The molecule has 1 heterocycles. The lowest BCUT2D eigenvalue weighted by molar-refractivity contribution is 0.580. The standard InChI is InChI=1S/C15H10F2N4/c16-13-6-3-7-14(17)12(13)9-19-21-15-11-5-2-1-4-10(11)8-18-20-15/h1-9H,(H,20,21)/b19-9-. The molecule has 6 heteroatoms. The number of nitrogens with one attached hydrogen (secondary N) is 1. The predicted molar refractivity (Wildman–Crippen MR) is 77.1 cm³/mol. The Bertz CT molecular complexity index is 792. The largest absolute Gasteiger partial charge is 0.259 e. The SMILES string of the molecule is Fc1cccc(F)c1/C=N\Nc1nncc2ccccc12. The molecule has 0 aliphatic carbocycles. The minimum atomic E-state index is -0.676.